The maximum atomic E-state index is 13.2. The van der Waals surface area contributed by atoms with Crippen molar-refractivity contribution in [2.24, 2.45) is 5.73 Å². The molecule has 100 valence electrons. The van der Waals surface area contributed by atoms with E-state index in [9.17, 15) is 4.39 Å². The molecule has 1 aromatic carbocycles. The highest BCUT2D eigenvalue weighted by Gasteiger charge is 2.27. The molecular formula is C15H23FN2. The van der Waals surface area contributed by atoms with E-state index in [1.54, 1.807) is 12.1 Å². The van der Waals surface area contributed by atoms with Gasteiger partial charge in [0.15, 0.2) is 0 Å². The van der Waals surface area contributed by atoms with Gasteiger partial charge in [-0.3, -0.25) is 4.90 Å². The number of benzene rings is 1. The number of hydrogen-bond acceptors (Lipinski definition) is 2. The minimum atomic E-state index is -0.168. The van der Waals surface area contributed by atoms with Gasteiger partial charge in [0.2, 0.25) is 0 Å². The number of likely N-dealkylation sites (tertiary alicyclic amines) is 1. The summed E-state index contributed by atoms with van der Waals surface area (Å²) >= 11 is 0. The van der Waals surface area contributed by atoms with Gasteiger partial charge >= 0.3 is 0 Å². The third-order valence-electron chi connectivity index (χ3n) is 4.07. The van der Waals surface area contributed by atoms with E-state index >= 15 is 0 Å². The minimum absolute atomic E-state index is 0.168. The van der Waals surface area contributed by atoms with Gasteiger partial charge in [-0.1, -0.05) is 12.5 Å². The zero-order valence-corrected chi connectivity index (χ0v) is 11.3. The molecule has 0 radical (unpaired) electrons. The van der Waals surface area contributed by atoms with Crippen LogP contribution in [0.4, 0.5) is 4.39 Å². The molecule has 1 fully saturated rings. The molecule has 2 rings (SSSR count). The second-order valence-electron chi connectivity index (χ2n) is 5.34. The Morgan fingerprint density at radius 2 is 2.22 bits per heavy atom. The zero-order chi connectivity index (χ0) is 13.1. The van der Waals surface area contributed by atoms with Crippen molar-refractivity contribution in [3.8, 4) is 0 Å². The predicted octanol–water partition coefficient (Wildman–Crippen LogP) is 3.01. The van der Waals surface area contributed by atoms with E-state index in [1.165, 1.54) is 24.8 Å². The molecule has 1 saturated heterocycles. The highest BCUT2D eigenvalue weighted by molar-refractivity contribution is 5.30. The van der Waals surface area contributed by atoms with Crippen LogP contribution in [0.2, 0.25) is 0 Å². The van der Waals surface area contributed by atoms with Crippen molar-refractivity contribution in [2.75, 3.05) is 13.1 Å². The quantitative estimate of drug-likeness (QED) is 0.893. The molecule has 0 amide bonds. The Kier molecular flexibility index (Phi) is 4.36. The Bertz CT molecular complexity index is 405. The first-order valence-electron chi connectivity index (χ1n) is 6.85. The topological polar surface area (TPSA) is 29.3 Å². The Balaban J connectivity index is 2.26. The molecule has 0 aromatic heterocycles. The first-order chi connectivity index (χ1) is 8.63. The summed E-state index contributed by atoms with van der Waals surface area (Å²) in [5.41, 5.74) is 8.15. The van der Waals surface area contributed by atoms with Crippen LogP contribution in [-0.4, -0.2) is 24.0 Å². The summed E-state index contributed by atoms with van der Waals surface area (Å²) in [7, 11) is 0. The maximum absolute atomic E-state index is 13.2. The molecule has 1 heterocycles. The number of nitrogens with two attached hydrogens (primary N) is 1. The second kappa shape index (κ2) is 5.81. The normalized spacial score (nSPS) is 23.0. The zero-order valence-electron chi connectivity index (χ0n) is 11.3. The van der Waals surface area contributed by atoms with Crippen molar-refractivity contribution < 1.29 is 4.39 Å². The summed E-state index contributed by atoms with van der Waals surface area (Å²) in [6, 6.07) is 5.83. The van der Waals surface area contributed by atoms with Gasteiger partial charge < -0.3 is 5.73 Å². The smallest absolute Gasteiger partial charge is 0.123 e. The molecule has 1 aliphatic rings. The lowest BCUT2D eigenvalue weighted by Crippen LogP contribution is -2.43. The number of rotatable bonds is 3. The third-order valence-corrected chi connectivity index (χ3v) is 4.07. The van der Waals surface area contributed by atoms with Gasteiger partial charge in [-0.05, 0) is 56.5 Å². The summed E-state index contributed by atoms with van der Waals surface area (Å²) in [6.07, 6.45) is 3.77. The summed E-state index contributed by atoms with van der Waals surface area (Å²) in [4.78, 5) is 2.48. The SMILES string of the molecule is Cc1cc(F)ccc1C(CN)N1CCCCC1C. The van der Waals surface area contributed by atoms with Crippen molar-refractivity contribution in [2.45, 2.75) is 45.2 Å². The van der Waals surface area contributed by atoms with Crippen LogP contribution in [0.1, 0.15) is 43.4 Å². The largest absolute Gasteiger partial charge is 0.329 e. The van der Waals surface area contributed by atoms with Gasteiger partial charge in [0.25, 0.3) is 0 Å². The molecule has 1 aliphatic heterocycles. The van der Waals surface area contributed by atoms with Crippen LogP contribution in [0, 0.1) is 12.7 Å². The standard InChI is InChI=1S/C15H23FN2/c1-11-9-13(16)6-7-14(11)15(10-17)18-8-4-3-5-12(18)2/h6-7,9,12,15H,3-5,8,10,17H2,1-2H3. The summed E-state index contributed by atoms with van der Waals surface area (Å²) in [5, 5.41) is 0. The highest BCUT2D eigenvalue weighted by Crippen LogP contribution is 2.29. The fourth-order valence-corrected chi connectivity index (χ4v) is 3.04. The van der Waals surface area contributed by atoms with Crippen LogP contribution in [0.15, 0.2) is 18.2 Å². The average molecular weight is 250 g/mol. The van der Waals surface area contributed by atoms with E-state index in [0.29, 0.717) is 12.6 Å². The van der Waals surface area contributed by atoms with E-state index < -0.39 is 0 Å². The lowest BCUT2D eigenvalue weighted by Gasteiger charge is -2.40. The molecule has 2 atom stereocenters. The van der Waals surface area contributed by atoms with Crippen LogP contribution in [0.5, 0.6) is 0 Å². The number of nitrogens with zero attached hydrogens (tertiary/aromatic N) is 1. The Hall–Kier alpha value is -0.930. The number of piperidine rings is 1. The fourth-order valence-electron chi connectivity index (χ4n) is 3.04. The van der Waals surface area contributed by atoms with Gasteiger partial charge in [-0.15, -0.1) is 0 Å². The van der Waals surface area contributed by atoms with Crippen molar-refractivity contribution in [3.63, 3.8) is 0 Å². The Morgan fingerprint density at radius 1 is 1.44 bits per heavy atom. The van der Waals surface area contributed by atoms with Crippen LogP contribution >= 0.6 is 0 Å². The molecule has 0 saturated carbocycles. The molecule has 0 aliphatic carbocycles. The van der Waals surface area contributed by atoms with E-state index in [1.807, 2.05) is 13.0 Å². The van der Waals surface area contributed by atoms with E-state index in [0.717, 1.165) is 12.1 Å². The lowest BCUT2D eigenvalue weighted by atomic mass is 9.94. The average Bonchev–Trinajstić information content (AvgIpc) is 2.34. The second-order valence-corrected chi connectivity index (χ2v) is 5.34. The van der Waals surface area contributed by atoms with Crippen molar-refractivity contribution in [3.05, 3.63) is 35.1 Å². The van der Waals surface area contributed by atoms with Gasteiger partial charge in [-0.2, -0.15) is 0 Å². The van der Waals surface area contributed by atoms with Crippen LogP contribution in [0.3, 0.4) is 0 Å². The number of hydrogen-bond donors (Lipinski definition) is 1. The first-order valence-corrected chi connectivity index (χ1v) is 6.85. The Labute approximate surface area is 109 Å². The maximum Gasteiger partial charge on any atom is 0.123 e. The molecule has 2 nitrogen and oxygen atoms in total. The molecule has 0 spiro atoms. The fraction of sp³-hybridized carbons (Fsp3) is 0.600. The molecule has 2 unspecified atom stereocenters. The molecule has 2 N–H and O–H groups in total. The summed E-state index contributed by atoms with van der Waals surface area (Å²) in [5.74, 6) is -0.168. The third kappa shape index (κ3) is 2.73. The van der Waals surface area contributed by atoms with E-state index in [4.69, 9.17) is 5.73 Å². The number of halogens is 1. The minimum Gasteiger partial charge on any atom is -0.329 e. The molecule has 0 bridgehead atoms. The van der Waals surface area contributed by atoms with E-state index in [-0.39, 0.29) is 11.9 Å². The van der Waals surface area contributed by atoms with Gasteiger partial charge in [0, 0.05) is 18.6 Å². The molecule has 1 aromatic rings. The van der Waals surface area contributed by atoms with Gasteiger partial charge in [0.1, 0.15) is 5.82 Å². The Morgan fingerprint density at radius 3 is 2.83 bits per heavy atom. The van der Waals surface area contributed by atoms with Crippen molar-refractivity contribution in [1.82, 2.24) is 4.90 Å². The van der Waals surface area contributed by atoms with Crippen LogP contribution in [-0.2, 0) is 0 Å². The monoisotopic (exact) mass is 250 g/mol. The number of aryl methyl sites for hydroxylation is 1. The van der Waals surface area contributed by atoms with Crippen LogP contribution in [0.25, 0.3) is 0 Å². The lowest BCUT2D eigenvalue weighted by molar-refractivity contribution is 0.108. The van der Waals surface area contributed by atoms with Gasteiger partial charge in [0.05, 0.1) is 0 Å². The molecule has 3 heteroatoms. The van der Waals surface area contributed by atoms with Crippen molar-refractivity contribution >= 4 is 0 Å². The van der Waals surface area contributed by atoms with Crippen LogP contribution < -0.4 is 5.73 Å². The summed E-state index contributed by atoms with van der Waals surface area (Å²) in [6.45, 7) is 5.92. The van der Waals surface area contributed by atoms with Crippen molar-refractivity contribution in [1.29, 1.82) is 0 Å². The molecule has 18 heavy (non-hydrogen) atoms. The summed E-state index contributed by atoms with van der Waals surface area (Å²) < 4.78 is 13.2. The predicted molar refractivity (Wildman–Crippen MR) is 73.0 cm³/mol. The first kappa shape index (κ1) is 13.5. The highest BCUT2D eigenvalue weighted by atomic mass is 19.1. The van der Waals surface area contributed by atoms with Gasteiger partial charge in [-0.25, -0.2) is 4.39 Å². The molecular weight excluding hydrogens is 227 g/mol. The van der Waals surface area contributed by atoms with E-state index in [2.05, 4.69) is 11.8 Å².